The number of hydrogen-bond donors (Lipinski definition) is 1. The number of nitrogens with zero attached hydrogens (tertiary/aromatic N) is 3. The lowest BCUT2D eigenvalue weighted by molar-refractivity contribution is -0.116. The molecule has 1 heterocycles. The molecule has 0 aliphatic carbocycles. The monoisotopic (exact) mass is 418 g/mol. The molecule has 11 heteroatoms. The summed E-state index contributed by atoms with van der Waals surface area (Å²) >= 11 is 4.31. The Hall–Kier alpha value is -1.14. The first-order chi connectivity index (χ1) is 11.9. The van der Waals surface area contributed by atoms with E-state index in [0.29, 0.717) is 5.13 Å². The Morgan fingerprint density at radius 1 is 1.28 bits per heavy atom. The molecule has 0 aliphatic rings. The van der Waals surface area contributed by atoms with Crippen LogP contribution in [0.15, 0.2) is 38.4 Å². The van der Waals surface area contributed by atoms with Gasteiger partial charge in [-0.2, -0.15) is 4.31 Å². The number of aromatic nitrogens is 2. The molecule has 1 aromatic carbocycles. The molecule has 136 valence electrons. The first-order valence-corrected chi connectivity index (χ1v) is 11.7. The van der Waals surface area contributed by atoms with Gasteiger partial charge >= 0.3 is 0 Å². The van der Waals surface area contributed by atoms with Crippen LogP contribution in [0.1, 0.15) is 6.92 Å². The smallest absolute Gasteiger partial charge is 0.243 e. The van der Waals surface area contributed by atoms with Gasteiger partial charge in [0, 0.05) is 11.9 Å². The van der Waals surface area contributed by atoms with Crippen molar-refractivity contribution in [1.82, 2.24) is 14.5 Å². The van der Waals surface area contributed by atoms with Crippen LogP contribution in [-0.4, -0.2) is 54.4 Å². The van der Waals surface area contributed by atoms with E-state index in [9.17, 15) is 13.2 Å². The standard InChI is InChI=1S/C14H18N4O3S4/c1-4-23-14-17-16-13(24-14)15-12(19)9-18(2)25(20,21)11-7-5-10(22-3)6-8-11/h5-8H,4,9H2,1-3H3,(H,15,16,19). The zero-order valence-electron chi connectivity index (χ0n) is 13.9. The lowest BCUT2D eigenvalue weighted by Gasteiger charge is -2.16. The number of carbonyl (C=O) groups is 1. The van der Waals surface area contributed by atoms with E-state index < -0.39 is 15.9 Å². The van der Waals surface area contributed by atoms with E-state index in [1.54, 1.807) is 12.1 Å². The van der Waals surface area contributed by atoms with Gasteiger partial charge in [-0.05, 0) is 36.3 Å². The third-order valence-electron chi connectivity index (χ3n) is 3.05. The fourth-order valence-corrected chi connectivity index (χ4v) is 5.02. The number of benzene rings is 1. The molecule has 7 nitrogen and oxygen atoms in total. The average Bonchev–Trinajstić information content (AvgIpc) is 3.02. The molecule has 0 saturated heterocycles. The Morgan fingerprint density at radius 2 is 1.96 bits per heavy atom. The van der Waals surface area contributed by atoms with Gasteiger partial charge in [-0.15, -0.1) is 22.0 Å². The topological polar surface area (TPSA) is 92.3 Å². The molecule has 0 saturated carbocycles. The minimum Gasteiger partial charge on any atom is -0.299 e. The van der Waals surface area contributed by atoms with Crippen molar-refractivity contribution < 1.29 is 13.2 Å². The highest BCUT2D eigenvalue weighted by atomic mass is 32.2. The molecule has 0 fully saturated rings. The van der Waals surface area contributed by atoms with Gasteiger partial charge in [-0.25, -0.2) is 8.42 Å². The molecular weight excluding hydrogens is 400 g/mol. The lowest BCUT2D eigenvalue weighted by atomic mass is 10.4. The SMILES string of the molecule is CCSc1nnc(NC(=O)CN(C)S(=O)(=O)c2ccc(SC)cc2)s1. The second-order valence-corrected chi connectivity index (χ2v) is 10.2. The second-order valence-electron chi connectivity index (χ2n) is 4.79. The van der Waals surface area contributed by atoms with Crippen molar-refractivity contribution in [2.75, 3.05) is 30.9 Å². The molecule has 1 aromatic heterocycles. The summed E-state index contributed by atoms with van der Waals surface area (Å²) < 4.78 is 26.8. The summed E-state index contributed by atoms with van der Waals surface area (Å²) in [6.45, 7) is 1.69. The van der Waals surface area contributed by atoms with Crippen LogP contribution in [-0.2, 0) is 14.8 Å². The fourth-order valence-electron chi connectivity index (χ4n) is 1.82. The first kappa shape index (κ1) is 20.2. The van der Waals surface area contributed by atoms with Gasteiger partial charge in [-0.1, -0.05) is 30.0 Å². The number of rotatable bonds is 8. The Bertz CT molecular complexity index is 821. The van der Waals surface area contributed by atoms with Crippen molar-refractivity contribution in [2.24, 2.45) is 0 Å². The maximum atomic E-state index is 12.5. The Morgan fingerprint density at radius 3 is 2.56 bits per heavy atom. The number of sulfonamides is 1. The fraction of sp³-hybridized carbons (Fsp3) is 0.357. The van der Waals surface area contributed by atoms with Crippen LogP contribution in [0.25, 0.3) is 0 Å². The van der Waals surface area contributed by atoms with E-state index in [2.05, 4.69) is 15.5 Å². The van der Waals surface area contributed by atoms with E-state index in [0.717, 1.165) is 19.3 Å². The number of thioether (sulfide) groups is 2. The van der Waals surface area contributed by atoms with Crippen molar-refractivity contribution in [2.45, 2.75) is 21.1 Å². The van der Waals surface area contributed by atoms with Crippen LogP contribution in [0.2, 0.25) is 0 Å². The molecule has 0 unspecified atom stereocenters. The van der Waals surface area contributed by atoms with Crippen molar-refractivity contribution in [3.05, 3.63) is 24.3 Å². The molecule has 1 amide bonds. The highest BCUT2D eigenvalue weighted by molar-refractivity contribution is 8.01. The molecule has 0 bridgehead atoms. The summed E-state index contributed by atoms with van der Waals surface area (Å²) in [4.78, 5) is 13.2. The minimum absolute atomic E-state index is 0.151. The van der Waals surface area contributed by atoms with Crippen molar-refractivity contribution in [3.63, 3.8) is 0 Å². The molecule has 0 spiro atoms. The summed E-state index contributed by atoms with van der Waals surface area (Å²) in [7, 11) is -2.36. The molecule has 2 aromatic rings. The molecule has 25 heavy (non-hydrogen) atoms. The van der Waals surface area contributed by atoms with Gasteiger partial charge < -0.3 is 0 Å². The number of hydrogen-bond acceptors (Lipinski definition) is 8. The Balaban J connectivity index is 2.00. The van der Waals surface area contributed by atoms with Crippen LogP contribution >= 0.6 is 34.9 Å². The number of carbonyl (C=O) groups excluding carboxylic acids is 1. The van der Waals surface area contributed by atoms with Gasteiger partial charge in [0.25, 0.3) is 0 Å². The maximum absolute atomic E-state index is 12.5. The van der Waals surface area contributed by atoms with Crippen molar-refractivity contribution in [3.8, 4) is 0 Å². The molecule has 0 radical (unpaired) electrons. The first-order valence-electron chi connectivity index (χ1n) is 7.23. The quantitative estimate of drug-likeness (QED) is 0.520. The molecule has 0 atom stereocenters. The molecule has 0 aliphatic heterocycles. The largest absolute Gasteiger partial charge is 0.299 e. The summed E-state index contributed by atoms with van der Waals surface area (Å²) in [6.07, 6.45) is 1.91. The van der Waals surface area contributed by atoms with Gasteiger partial charge in [0.1, 0.15) is 0 Å². The van der Waals surface area contributed by atoms with E-state index in [1.165, 1.54) is 54.0 Å². The van der Waals surface area contributed by atoms with Crippen LogP contribution in [0.5, 0.6) is 0 Å². The van der Waals surface area contributed by atoms with Gasteiger partial charge in [0.05, 0.1) is 11.4 Å². The summed E-state index contributed by atoms with van der Waals surface area (Å²) in [5.41, 5.74) is 0. The third kappa shape index (κ3) is 5.42. The number of amides is 1. The highest BCUT2D eigenvalue weighted by Crippen LogP contribution is 2.25. The van der Waals surface area contributed by atoms with E-state index in [4.69, 9.17) is 0 Å². The van der Waals surface area contributed by atoms with Crippen molar-refractivity contribution >= 4 is 55.9 Å². The minimum atomic E-state index is -3.73. The second kappa shape index (κ2) is 8.99. The lowest BCUT2D eigenvalue weighted by Crippen LogP contribution is -2.34. The highest BCUT2D eigenvalue weighted by Gasteiger charge is 2.23. The van der Waals surface area contributed by atoms with E-state index in [-0.39, 0.29) is 11.4 Å². The van der Waals surface area contributed by atoms with Crippen LogP contribution in [0.3, 0.4) is 0 Å². The van der Waals surface area contributed by atoms with Crippen LogP contribution in [0.4, 0.5) is 5.13 Å². The van der Waals surface area contributed by atoms with Gasteiger partial charge in [0.2, 0.25) is 21.1 Å². The molecular formula is C14H18N4O3S4. The number of anilines is 1. The van der Waals surface area contributed by atoms with Crippen LogP contribution < -0.4 is 5.32 Å². The van der Waals surface area contributed by atoms with Gasteiger partial charge in [0.15, 0.2) is 4.34 Å². The summed E-state index contributed by atoms with van der Waals surface area (Å²) in [5, 5.41) is 10.7. The third-order valence-corrected chi connectivity index (χ3v) is 7.47. The Kier molecular flexibility index (Phi) is 7.25. The van der Waals surface area contributed by atoms with Gasteiger partial charge in [-0.3, -0.25) is 10.1 Å². The normalized spacial score (nSPS) is 11.7. The average molecular weight is 419 g/mol. The Labute approximate surface area is 159 Å². The predicted molar refractivity (Wildman–Crippen MR) is 103 cm³/mol. The summed E-state index contributed by atoms with van der Waals surface area (Å²) in [6, 6.07) is 6.54. The van der Waals surface area contributed by atoms with E-state index >= 15 is 0 Å². The summed E-state index contributed by atoms with van der Waals surface area (Å²) in [5.74, 6) is 0.398. The zero-order chi connectivity index (χ0) is 18.4. The van der Waals surface area contributed by atoms with Crippen molar-refractivity contribution in [1.29, 1.82) is 0 Å². The molecule has 1 N–H and O–H groups in total. The van der Waals surface area contributed by atoms with E-state index in [1.807, 2.05) is 13.2 Å². The van der Waals surface area contributed by atoms with Crippen LogP contribution in [0, 0.1) is 0 Å². The number of nitrogens with one attached hydrogen (secondary N) is 1. The maximum Gasteiger partial charge on any atom is 0.243 e. The predicted octanol–water partition coefficient (Wildman–Crippen LogP) is 2.63. The number of likely N-dealkylation sites (N-methyl/N-ethyl adjacent to an activating group) is 1. The zero-order valence-corrected chi connectivity index (χ0v) is 17.2. The molecule has 2 rings (SSSR count).